The van der Waals surface area contributed by atoms with Crippen LogP contribution in [-0.4, -0.2) is 76.0 Å². The van der Waals surface area contributed by atoms with Crippen LogP contribution < -0.4 is 4.90 Å². The normalized spacial score (nSPS) is 19.8. The average Bonchev–Trinajstić information content (AvgIpc) is 3.49. The third-order valence-electron chi connectivity index (χ3n) is 6.10. The van der Waals surface area contributed by atoms with Crippen LogP contribution in [0.1, 0.15) is 29.1 Å². The van der Waals surface area contributed by atoms with Crippen LogP contribution in [0.2, 0.25) is 0 Å². The molecule has 3 aromatic rings. The van der Waals surface area contributed by atoms with Crippen molar-refractivity contribution in [3.63, 3.8) is 0 Å². The largest absolute Gasteiger partial charge is 0.459 e. The van der Waals surface area contributed by atoms with Gasteiger partial charge in [0.15, 0.2) is 5.76 Å². The van der Waals surface area contributed by atoms with E-state index in [-0.39, 0.29) is 17.7 Å². The monoisotopic (exact) mass is 424 g/mol. The summed E-state index contributed by atoms with van der Waals surface area (Å²) >= 11 is 0. The summed E-state index contributed by atoms with van der Waals surface area (Å²) in [6.45, 7) is 5.37. The summed E-state index contributed by atoms with van der Waals surface area (Å²) in [5.41, 5.74) is 1.21. The SMILES string of the molecule is Cc1noc2ncnc(N3CCCC(C(=O)N4CCN(C(=O)c5ccco5)CC4)C3)c12. The van der Waals surface area contributed by atoms with Gasteiger partial charge in [0.1, 0.15) is 17.5 Å². The maximum atomic E-state index is 13.2. The second-order valence-corrected chi connectivity index (χ2v) is 8.03. The number of piperazine rings is 1. The molecule has 5 rings (SSSR count). The lowest BCUT2D eigenvalue weighted by Gasteiger charge is -2.39. The number of hydrogen-bond acceptors (Lipinski definition) is 8. The summed E-state index contributed by atoms with van der Waals surface area (Å²) < 4.78 is 10.5. The zero-order chi connectivity index (χ0) is 21.4. The Balaban J connectivity index is 1.24. The molecule has 5 heterocycles. The zero-order valence-corrected chi connectivity index (χ0v) is 17.4. The Morgan fingerprint density at radius 1 is 1.10 bits per heavy atom. The molecular formula is C21H24N6O4. The molecule has 0 aromatic carbocycles. The fourth-order valence-electron chi connectivity index (χ4n) is 4.46. The van der Waals surface area contributed by atoms with Gasteiger partial charge < -0.3 is 23.6 Å². The number of fused-ring (bicyclic) bond motifs is 1. The van der Waals surface area contributed by atoms with Crippen LogP contribution in [0.15, 0.2) is 33.7 Å². The second-order valence-electron chi connectivity index (χ2n) is 8.03. The van der Waals surface area contributed by atoms with Crippen LogP contribution >= 0.6 is 0 Å². The lowest BCUT2D eigenvalue weighted by molar-refractivity contribution is -0.137. The highest BCUT2D eigenvalue weighted by Crippen LogP contribution is 2.30. The number of piperidine rings is 1. The molecule has 0 N–H and O–H groups in total. The van der Waals surface area contributed by atoms with E-state index in [4.69, 9.17) is 8.94 Å². The molecule has 1 unspecified atom stereocenters. The fraction of sp³-hybridized carbons (Fsp3) is 0.476. The van der Waals surface area contributed by atoms with Gasteiger partial charge in [-0.25, -0.2) is 4.98 Å². The smallest absolute Gasteiger partial charge is 0.289 e. The molecule has 0 radical (unpaired) electrons. The minimum absolute atomic E-state index is 0.105. The van der Waals surface area contributed by atoms with E-state index in [9.17, 15) is 9.59 Å². The molecule has 31 heavy (non-hydrogen) atoms. The molecule has 10 heteroatoms. The van der Waals surface area contributed by atoms with Gasteiger partial charge in [0.2, 0.25) is 5.91 Å². The van der Waals surface area contributed by atoms with Gasteiger partial charge in [-0.2, -0.15) is 4.98 Å². The van der Waals surface area contributed by atoms with E-state index in [1.165, 1.54) is 12.6 Å². The summed E-state index contributed by atoms with van der Waals surface area (Å²) in [5, 5.41) is 4.81. The van der Waals surface area contributed by atoms with Gasteiger partial charge in [0, 0.05) is 39.3 Å². The molecule has 2 aliphatic rings. The summed E-state index contributed by atoms with van der Waals surface area (Å²) in [7, 11) is 0. The van der Waals surface area contributed by atoms with Crippen molar-refractivity contribution in [1.29, 1.82) is 0 Å². The minimum atomic E-state index is -0.127. The Hall–Kier alpha value is -3.43. The van der Waals surface area contributed by atoms with Gasteiger partial charge in [-0.3, -0.25) is 9.59 Å². The maximum absolute atomic E-state index is 13.2. The topological polar surface area (TPSA) is 109 Å². The van der Waals surface area contributed by atoms with Crippen molar-refractivity contribution >= 4 is 28.7 Å². The molecule has 0 saturated carbocycles. The van der Waals surface area contributed by atoms with E-state index in [2.05, 4.69) is 20.0 Å². The van der Waals surface area contributed by atoms with Crippen molar-refractivity contribution in [3.05, 3.63) is 36.2 Å². The van der Waals surface area contributed by atoms with E-state index in [1.807, 2.05) is 11.8 Å². The van der Waals surface area contributed by atoms with E-state index in [0.29, 0.717) is 44.2 Å². The van der Waals surface area contributed by atoms with Crippen LogP contribution in [0.4, 0.5) is 5.82 Å². The van der Waals surface area contributed by atoms with Gasteiger partial charge in [-0.1, -0.05) is 5.16 Å². The number of anilines is 1. The summed E-state index contributed by atoms with van der Waals surface area (Å²) in [5.74, 6) is 1.02. The lowest BCUT2D eigenvalue weighted by Crippen LogP contribution is -2.53. The van der Waals surface area contributed by atoms with Crippen molar-refractivity contribution in [1.82, 2.24) is 24.9 Å². The number of nitrogens with zero attached hydrogens (tertiary/aromatic N) is 6. The highest BCUT2D eigenvalue weighted by Gasteiger charge is 2.33. The van der Waals surface area contributed by atoms with Crippen LogP contribution in [-0.2, 0) is 4.79 Å². The first-order valence-electron chi connectivity index (χ1n) is 10.6. The van der Waals surface area contributed by atoms with Crippen LogP contribution in [0.25, 0.3) is 11.1 Å². The lowest BCUT2D eigenvalue weighted by atomic mass is 9.96. The van der Waals surface area contributed by atoms with Gasteiger partial charge >= 0.3 is 0 Å². The summed E-state index contributed by atoms with van der Waals surface area (Å²) in [4.78, 5) is 40.0. The zero-order valence-electron chi connectivity index (χ0n) is 17.4. The Bertz CT molecular complexity index is 1090. The molecule has 10 nitrogen and oxygen atoms in total. The van der Waals surface area contributed by atoms with Crippen LogP contribution in [0, 0.1) is 12.8 Å². The summed E-state index contributed by atoms with van der Waals surface area (Å²) in [6.07, 6.45) is 4.72. The number of carbonyl (C=O) groups is 2. The first-order chi connectivity index (χ1) is 15.1. The molecule has 3 aromatic heterocycles. The van der Waals surface area contributed by atoms with Crippen LogP contribution in [0.3, 0.4) is 0 Å². The number of hydrogen-bond donors (Lipinski definition) is 0. The first-order valence-corrected chi connectivity index (χ1v) is 10.6. The van der Waals surface area contributed by atoms with E-state index in [1.54, 1.807) is 17.0 Å². The van der Waals surface area contributed by atoms with E-state index < -0.39 is 0 Å². The Kier molecular flexibility index (Phi) is 5.05. The predicted octanol–water partition coefficient (Wildman–Crippen LogP) is 1.72. The van der Waals surface area contributed by atoms with Crippen molar-refractivity contribution in [2.45, 2.75) is 19.8 Å². The molecule has 0 spiro atoms. The molecule has 2 fully saturated rings. The third kappa shape index (κ3) is 3.62. The standard InChI is InChI=1S/C21H24N6O4/c1-14-17-18(22-13-23-19(17)31-24-14)27-6-2-4-15(12-27)20(28)25-7-9-26(10-8-25)21(29)16-5-3-11-30-16/h3,5,11,13,15H,2,4,6-10,12H2,1H3. The molecule has 2 saturated heterocycles. The fourth-order valence-corrected chi connectivity index (χ4v) is 4.46. The first kappa shape index (κ1) is 19.5. The Morgan fingerprint density at radius 3 is 2.68 bits per heavy atom. The Morgan fingerprint density at radius 2 is 1.90 bits per heavy atom. The van der Waals surface area contributed by atoms with Crippen molar-refractivity contribution in [2.75, 3.05) is 44.2 Å². The van der Waals surface area contributed by atoms with E-state index >= 15 is 0 Å². The molecule has 0 aliphatic carbocycles. The number of carbonyl (C=O) groups excluding carboxylic acids is 2. The minimum Gasteiger partial charge on any atom is -0.459 e. The number of aryl methyl sites for hydroxylation is 1. The van der Waals surface area contributed by atoms with Gasteiger partial charge in [0.25, 0.3) is 11.6 Å². The average molecular weight is 424 g/mol. The highest BCUT2D eigenvalue weighted by atomic mass is 16.5. The number of rotatable bonds is 3. The number of amides is 2. The number of furan rings is 1. The van der Waals surface area contributed by atoms with Gasteiger partial charge in [-0.15, -0.1) is 0 Å². The van der Waals surface area contributed by atoms with Crippen LogP contribution in [0.5, 0.6) is 0 Å². The Labute approximate surface area is 178 Å². The number of aromatic nitrogens is 3. The molecule has 1 atom stereocenters. The predicted molar refractivity (Wildman–Crippen MR) is 110 cm³/mol. The summed E-state index contributed by atoms with van der Waals surface area (Å²) in [6, 6.07) is 3.37. The van der Waals surface area contributed by atoms with Crippen molar-refractivity contribution in [2.24, 2.45) is 5.92 Å². The van der Waals surface area contributed by atoms with Gasteiger partial charge in [-0.05, 0) is 31.9 Å². The highest BCUT2D eigenvalue weighted by molar-refractivity contribution is 5.92. The van der Waals surface area contributed by atoms with Crippen molar-refractivity contribution < 1.29 is 18.5 Å². The molecule has 162 valence electrons. The second kappa shape index (κ2) is 8.01. The molecule has 0 bridgehead atoms. The molecule has 2 amide bonds. The van der Waals surface area contributed by atoms with Crippen molar-refractivity contribution in [3.8, 4) is 0 Å². The third-order valence-corrected chi connectivity index (χ3v) is 6.10. The maximum Gasteiger partial charge on any atom is 0.289 e. The van der Waals surface area contributed by atoms with E-state index in [0.717, 1.165) is 36.3 Å². The molecule has 2 aliphatic heterocycles. The quantitative estimate of drug-likeness (QED) is 0.625. The van der Waals surface area contributed by atoms with Gasteiger partial charge in [0.05, 0.1) is 17.9 Å². The molecular weight excluding hydrogens is 400 g/mol.